The molecule has 0 N–H and O–H groups in total. The van der Waals surface area contributed by atoms with Crippen molar-refractivity contribution in [2.45, 2.75) is 20.3 Å². The molecule has 3 heteroatoms. The van der Waals surface area contributed by atoms with Gasteiger partial charge in [0.05, 0.1) is 6.26 Å². The van der Waals surface area contributed by atoms with Gasteiger partial charge in [-0.3, -0.25) is 4.79 Å². The van der Waals surface area contributed by atoms with Crippen molar-refractivity contribution in [1.29, 1.82) is 0 Å². The summed E-state index contributed by atoms with van der Waals surface area (Å²) < 4.78 is 10.4. The van der Waals surface area contributed by atoms with Crippen LogP contribution < -0.4 is 4.74 Å². The molecule has 1 aromatic heterocycles. The molecule has 0 spiro atoms. The number of furan rings is 1. The Morgan fingerprint density at radius 2 is 2.27 bits per heavy atom. The fraction of sp³-hybridized carbons (Fsp3) is 0.250. The van der Waals surface area contributed by atoms with Crippen molar-refractivity contribution in [3.8, 4) is 5.75 Å². The van der Waals surface area contributed by atoms with Crippen LogP contribution in [0.2, 0.25) is 0 Å². The Hall–Kier alpha value is -1.77. The molecule has 2 rings (SSSR count). The van der Waals surface area contributed by atoms with Gasteiger partial charge in [-0.2, -0.15) is 0 Å². The lowest BCUT2D eigenvalue weighted by Crippen LogP contribution is -2.05. The first-order valence-corrected chi connectivity index (χ1v) is 4.89. The van der Waals surface area contributed by atoms with Gasteiger partial charge in [0.25, 0.3) is 0 Å². The molecule has 15 heavy (non-hydrogen) atoms. The Labute approximate surface area is 87.6 Å². The highest BCUT2D eigenvalue weighted by atomic mass is 16.5. The van der Waals surface area contributed by atoms with Gasteiger partial charge < -0.3 is 9.15 Å². The molecule has 1 aromatic carbocycles. The van der Waals surface area contributed by atoms with E-state index in [9.17, 15) is 4.79 Å². The average molecular weight is 204 g/mol. The molecule has 0 aliphatic rings. The molecule has 0 aliphatic heterocycles. The predicted octanol–water partition coefficient (Wildman–Crippen LogP) is 3.06. The lowest BCUT2D eigenvalue weighted by atomic mass is 10.2. The quantitative estimate of drug-likeness (QED) is 0.557. The zero-order chi connectivity index (χ0) is 10.8. The van der Waals surface area contributed by atoms with Crippen LogP contribution in [-0.4, -0.2) is 5.97 Å². The highest BCUT2D eigenvalue weighted by Gasteiger charge is 2.06. The fourth-order valence-corrected chi connectivity index (χ4v) is 1.41. The van der Waals surface area contributed by atoms with Crippen LogP contribution in [0.1, 0.15) is 18.9 Å². The van der Waals surface area contributed by atoms with E-state index in [0.29, 0.717) is 12.2 Å². The normalized spacial score (nSPS) is 10.5. The first kappa shape index (κ1) is 9.77. The molecular formula is C12H12O3. The largest absolute Gasteiger partial charge is 0.464 e. The topological polar surface area (TPSA) is 39.4 Å². The summed E-state index contributed by atoms with van der Waals surface area (Å²) in [5, 5.41) is 1.05. The number of fused-ring (bicyclic) bond motifs is 1. The molecule has 78 valence electrons. The molecule has 0 fully saturated rings. The van der Waals surface area contributed by atoms with Gasteiger partial charge >= 0.3 is 5.97 Å². The van der Waals surface area contributed by atoms with E-state index in [1.807, 2.05) is 13.0 Å². The third kappa shape index (κ3) is 1.86. The van der Waals surface area contributed by atoms with Crippen LogP contribution >= 0.6 is 0 Å². The summed E-state index contributed by atoms with van der Waals surface area (Å²) in [7, 11) is 0. The van der Waals surface area contributed by atoms with Gasteiger partial charge in [-0.25, -0.2) is 0 Å². The van der Waals surface area contributed by atoms with Crippen molar-refractivity contribution in [2.24, 2.45) is 0 Å². The van der Waals surface area contributed by atoms with Crippen molar-refractivity contribution in [3.63, 3.8) is 0 Å². The number of benzene rings is 1. The molecular weight excluding hydrogens is 192 g/mol. The number of hydrogen-bond acceptors (Lipinski definition) is 3. The molecule has 3 nitrogen and oxygen atoms in total. The minimum Gasteiger partial charge on any atom is -0.464 e. The molecule has 0 amide bonds. The Kier molecular flexibility index (Phi) is 2.46. The summed E-state index contributed by atoms with van der Waals surface area (Å²) in [5.41, 5.74) is 1.83. The van der Waals surface area contributed by atoms with E-state index in [1.165, 1.54) is 0 Å². The molecule has 0 saturated heterocycles. The molecule has 1 heterocycles. The van der Waals surface area contributed by atoms with Gasteiger partial charge in [0.2, 0.25) is 0 Å². The summed E-state index contributed by atoms with van der Waals surface area (Å²) >= 11 is 0. The van der Waals surface area contributed by atoms with E-state index in [4.69, 9.17) is 9.15 Å². The van der Waals surface area contributed by atoms with Crippen LogP contribution in [0.25, 0.3) is 11.0 Å². The van der Waals surface area contributed by atoms with Crippen molar-refractivity contribution in [1.82, 2.24) is 0 Å². The van der Waals surface area contributed by atoms with E-state index in [1.54, 1.807) is 25.3 Å². The standard InChI is InChI=1S/C12H12O3/c1-3-12(13)15-9-4-5-10-8(2)7-14-11(10)6-9/h4-7H,3H2,1-2H3. The fourth-order valence-electron chi connectivity index (χ4n) is 1.41. The average Bonchev–Trinajstić information content (AvgIpc) is 2.60. The van der Waals surface area contributed by atoms with Crippen molar-refractivity contribution >= 4 is 16.9 Å². The van der Waals surface area contributed by atoms with Crippen molar-refractivity contribution < 1.29 is 13.9 Å². The minimum atomic E-state index is -0.238. The summed E-state index contributed by atoms with van der Waals surface area (Å²) in [6, 6.07) is 5.40. The third-order valence-corrected chi connectivity index (χ3v) is 2.26. The van der Waals surface area contributed by atoms with E-state index in [2.05, 4.69) is 0 Å². The van der Waals surface area contributed by atoms with E-state index >= 15 is 0 Å². The maximum atomic E-state index is 11.1. The van der Waals surface area contributed by atoms with Gasteiger partial charge in [-0.05, 0) is 24.6 Å². The van der Waals surface area contributed by atoms with Gasteiger partial charge in [0.15, 0.2) is 0 Å². The molecule has 0 saturated carbocycles. The Bertz CT molecular complexity index is 497. The van der Waals surface area contributed by atoms with Crippen molar-refractivity contribution in [3.05, 3.63) is 30.0 Å². The van der Waals surface area contributed by atoms with E-state index in [0.717, 1.165) is 16.5 Å². The van der Waals surface area contributed by atoms with Crippen LogP contribution in [0.4, 0.5) is 0 Å². The maximum absolute atomic E-state index is 11.1. The van der Waals surface area contributed by atoms with Gasteiger partial charge in [0, 0.05) is 17.9 Å². The summed E-state index contributed by atoms with van der Waals surface area (Å²) in [5.74, 6) is 0.293. The second-order valence-corrected chi connectivity index (χ2v) is 3.40. The molecule has 2 aromatic rings. The summed E-state index contributed by atoms with van der Waals surface area (Å²) in [6.07, 6.45) is 2.06. The second-order valence-electron chi connectivity index (χ2n) is 3.40. The highest BCUT2D eigenvalue weighted by Crippen LogP contribution is 2.25. The minimum absolute atomic E-state index is 0.238. The van der Waals surface area contributed by atoms with Crippen LogP contribution in [0.5, 0.6) is 5.75 Å². The van der Waals surface area contributed by atoms with Gasteiger partial charge in [0.1, 0.15) is 11.3 Å². The monoisotopic (exact) mass is 204 g/mol. The highest BCUT2D eigenvalue weighted by molar-refractivity contribution is 5.83. The Morgan fingerprint density at radius 1 is 1.47 bits per heavy atom. The van der Waals surface area contributed by atoms with Crippen molar-refractivity contribution in [2.75, 3.05) is 0 Å². The Balaban J connectivity index is 2.35. The molecule has 0 atom stereocenters. The molecule has 0 unspecified atom stereocenters. The first-order valence-electron chi connectivity index (χ1n) is 4.89. The predicted molar refractivity (Wildman–Crippen MR) is 56.9 cm³/mol. The number of carbonyl (C=O) groups excluding carboxylic acids is 1. The van der Waals surface area contributed by atoms with E-state index in [-0.39, 0.29) is 5.97 Å². The lowest BCUT2D eigenvalue weighted by Gasteiger charge is -2.01. The van der Waals surface area contributed by atoms with Gasteiger partial charge in [-0.15, -0.1) is 0 Å². The Morgan fingerprint density at radius 3 is 3.00 bits per heavy atom. The SMILES string of the molecule is CCC(=O)Oc1ccc2c(C)coc2c1. The molecule has 0 bridgehead atoms. The smallest absolute Gasteiger partial charge is 0.310 e. The number of ether oxygens (including phenoxy) is 1. The number of hydrogen-bond donors (Lipinski definition) is 0. The third-order valence-electron chi connectivity index (χ3n) is 2.26. The zero-order valence-corrected chi connectivity index (χ0v) is 8.74. The summed E-state index contributed by atoms with van der Waals surface area (Å²) in [4.78, 5) is 11.1. The van der Waals surface area contributed by atoms with Gasteiger partial charge in [-0.1, -0.05) is 6.92 Å². The van der Waals surface area contributed by atoms with Crippen LogP contribution in [0, 0.1) is 6.92 Å². The van der Waals surface area contributed by atoms with E-state index < -0.39 is 0 Å². The second kappa shape index (κ2) is 3.77. The van der Waals surface area contributed by atoms with Crippen LogP contribution in [0.3, 0.4) is 0 Å². The number of rotatable bonds is 2. The molecule has 0 aliphatic carbocycles. The number of carbonyl (C=O) groups is 1. The number of aryl methyl sites for hydroxylation is 1. The maximum Gasteiger partial charge on any atom is 0.310 e. The molecule has 0 radical (unpaired) electrons. The summed E-state index contributed by atoms with van der Waals surface area (Å²) in [6.45, 7) is 3.74. The van der Waals surface area contributed by atoms with Crippen LogP contribution in [0.15, 0.2) is 28.9 Å². The first-order chi connectivity index (χ1) is 7.20. The van der Waals surface area contributed by atoms with Crippen LogP contribution in [-0.2, 0) is 4.79 Å². The number of esters is 1. The zero-order valence-electron chi connectivity index (χ0n) is 8.74. The lowest BCUT2D eigenvalue weighted by molar-refractivity contribution is -0.134.